The van der Waals surface area contributed by atoms with Crippen molar-refractivity contribution in [1.82, 2.24) is 0 Å². The molecule has 0 aromatic rings. The molecule has 24 nitrogen and oxygen atoms in total. The van der Waals surface area contributed by atoms with E-state index in [0.29, 0.717) is 25.7 Å². The molecule has 4 aliphatic heterocycles. The van der Waals surface area contributed by atoms with Gasteiger partial charge in [-0.15, -0.1) is 0 Å². The number of hydrogen-bond acceptors (Lipinski definition) is 23. The number of carbonyl (C=O) groups excluding carboxylic acids is 1. The monoisotopic (exact) mass is 1140 g/mol. The first-order valence-corrected chi connectivity index (χ1v) is 29.2. The molecule has 448 valence electrons. The summed E-state index contributed by atoms with van der Waals surface area (Å²) in [6.45, 7) is 15.1. The molecule has 4 heterocycles. The quantitative estimate of drug-likeness (QED) is 0.0498. The highest BCUT2D eigenvalue weighted by molar-refractivity contribution is 7.80. The Kier molecular flexibility index (Phi) is 17.3. The van der Waals surface area contributed by atoms with Crippen LogP contribution in [0.2, 0.25) is 0 Å². The van der Waals surface area contributed by atoms with Gasteiger partial charge in [0.15, 0.2) is 25.0 Å². The molecule has 4 saturated carbocycles. The smallest absolute Gasteiger partial charge is 0.397 e. The molecule has 0 amide bonds. The van der Waals surface area contributed by atoms with Crippen LogP contribution in [0.5, 0.6) is 0 Å². The summed E-state index contributed by atoms with van der Waals surface area (Å²) in [6, 6.07) is 0. The topological polar surface area (TPSA) is 377 Å². The Labute approximate surface area is 455 Å². The lowest BCUT2D eigenvalue weighted by Crippen LogP contribution is -2.69. The van der Waals surface area contributed by atoms with Crippen LogP contribution in [0.25, 0.3) is 0 Å². The first-order valence-electron chi connectivity index (χ1n) is 27.8. The highest BCUT2D eigenvalue weighted by Gasteiger charge is 2.72. The predicted molar refractivity (Wildman–Crippen MR) is 266 cm³/mol. The van der Waals surface area contributed by atoms with Crippen molar-refractivity contribution in [2.24, 2.45) is 56.7 Å². The maximum Gasteiger partial charge on any atom is 0.397 e. The molecular weight excluding hydrogens is 1050 g/mol. The van der Waals surface area contributed by atoms with Crippen LogP contribution in [-0.4, -0.2) is 218 Å². The van der Waals surface area contributed by atoms with Crippen molar-refractivity contribution in [3.8, 4) is 0 Å². The van der Waals surface area contributed by atoms with Crippen LogP contribution in [0.4, 0.5) is 0 Å². The van der Waals surface area contributed by atoms with Crippen LogP contribution in [-0.2, 0) is 57.3 Å². The van der Waals surface area contributed by atoms with Gasteiger partial charge >= 0.3 is 16.4 Å². The molecule has 0 spiro atoms. The second kappa shape index (κ2) is 22.1. The molecule has 9 rings (SSSR count). The van der Waals surface area contributed by atoms with Crippen LogP contribution in [0.3, 0.4) is 0 Å². The number of rotatable bonds is 12. The van der Waals surface area contributed by atoms with Crippen molar-refractivity contribution in [2.45, 2.75) is 236 Å². The Hall–Kier alpha value is -1.64. The highest BCUT2D eigenvalue weighted by Crippen LogP contribution is 2.77. The summed E-state index contributed by atoms with van der Waals surface area (Å²) < 4.78 is 86.7. The Bertz CT molecular complexity index is 2290. The number of ether oxygens (including phenoxy) is 8. The van der Waals surface area contributed by atoms with E-state index in [9.17, 15) is 69.1 Å². The normalized spacial score (nSPS) is 53.4. The largest absolute Gasteiger partial charge is 0.432 e. The standard InChI is InChI=1S/C53H86O24S/c1-22-11-16-53(48(65)76-47-43(77-78(66,67)68)39(63)36(60)28(20-55)72-47)18-17-51(7)25(32(53)23(22)2)9-10-30-50(6)14-13-31(49(4,5)29(50)12-15-52(30,51)8)73-46-42(38(62)35(59)27(19-54)71-46)75-45-41(34(58)26(56)21-69-45)74-44-40(64)37(61)33(57)24(3)70-44/h11,23-47,54-64H,9-10,12-21H2,1-8H3,(H,66,67,68)/t23-,24-,25?,26-,27+,28+,29?,30?,31-,32-,33-,34-,35+,36+,37+,38-,39-,40+,41+,42+,43+,44-,45-,46-,47-,50-,51+,52+,53-/m0/s1. The molecule has 5 aliphatic carbocycles. The minimum atomic E-state index is -5.24. The molecule has 0 aromatic carbocycles. The van der Waals surface area contributed by atoms with E-state index >= 15 is 4.79 Å². The van der Waals surface area contributed by atoms with Crippen LogP contribution in [0, 0.1) is 56.7 Å². The summed E-state index contributed by atoms with van der Waals surface area (Å²) in [5.41, 5.74) is -1.27. The summed E-state index contributed by atoms with van der Waals surface area (Å²) in [4.78, 5) is 15.0. The van der Waals surface area contributed by atoms with Crippen molar-refractivity contribution in [2.75, 3.05) is 19.8 Å². The van der Waals surface area contributed by atoms with E-state index in [1.54, 1.807) is 0 Å². The van der Waals surface area contributed by atoms with Gasteiger partial charge in [0.2, 0.25) is 6.29 Å². The molecular formula is C53H86O24S. The van der Waals surface area contributed by atoms with Crippen molar-refractivity contribution < 1.29 is 116 Å². The number of esters is 1. The molecule has 25 heteroatoms. The molecule has 4 saturated heterocycles. The molecule has 12 N–H and O–H groups in total. The Morgan fingerprint density at radius 3 is 1.90 bits per heavy atom. The van der Waals surface area contributed by atoms with E-state index in [2.05, 4.69) is 48.5 Å². The second-order valence-electron chi connectivity index (χ2n) is 25.7. The maximum atomic E-state index is 15.0. The van der Waals surface area contributed by atoms with E-state index in [1.807, 2.05) is 6.08 Å². The first-order chi connectivity index (χ1) is 36.4. The molecule has 8 fully saturated rings. The molecule has 78 heavy (non-hydrogen) atoms. The average molecular weight is 1140 g/mol. The Morgan fingerprint density at radius 1 is 0.641 bits per heavy atom. The number of carbonyl (C=O) groups is 1. The van der Waals surface area contributed by atoms with Crippen molar-refractivity contribution in [1.29, 1.82) is 0 Å². The lowest BCUT2D eigenvalue weighted by Gasteiger charge is -2.73. The zero-order valence-corrected chi connectivity index (χ0v) is 46.5. The summed E-state index contributed by atoms with van der Waals surface area (Å²) in [5.74, 6) is -0.669. The van der Waals surface area contributed by atoms with Crippen LogP contribution in [0.1, 0.15) is 113 Å². The van der Waals surface area contributed by atoms with Gasteiger partial charge in [-0.3, -0.25) is 9.35 Å². The maximum absolute atomic E-state index is 15.0. The predicted octanol–water partition coefficient (Wildman–Crippen LogP) is -0.686. The summed E-state index contributed by atoms with van der Waals surface area (Å²) in [7, 11) is -5.24. The van der Waals surface area contributed by atoms with Crippen molar-refractivity contribution in [3.05, 3.63) is 11.6 Å². The van der Waals surface area contributed by atoms with Gasteiger partial charge in [-0.25, -0.2) is 4.18 Å². The first kappa shape index (κ1) is 60.9. The fraction of sp³-hybridized carbons (Fsp3) is 0.943. The number of allylic oxidation sites excluding steroid dienone is 2. The third-order valence-electron chi connectivity index (χ3n) is 21.7. The minimum Gasteiger partial charge on any atom is -0.432 e. The fourth-order valence-electron chi connectivity index (χ4n) is 17.0. The molecule has 0 aromatic heterocycles. The van der Waals surface area contributed by atoms with Gasteiger partial charge in [-0.2, -0.15) is 8.42 Å². The summed E-state index contributed by atoms with van der Waals surface area (Å²) in [6.07, 6.45) is -23.5. The van der Waals surface area contributed by atoms with Crippen molar-refractivity contribution >= 4 is 16.4 Å². The van der Waals surface area contributed by atoms with Gasteiger partial charge in [0.25, 0.3) is 0 Å². The molecule has 3 unspecified atom stereocenters. The number of aliphatic hydroxyl groups is 11. The zero-order valence-electron chi connectivity index (χ0n) is 45.7. The van der Waals surface area contributed by atoms with E-state index < -0.39 is 170 Å². The van der Waals surface area contributed by atoms with E-state index in [1.165, 1.54) is 6.92 Å². The fourth-order valence-corrected chi connectivity index (χ4v) is 17.5. The second-order valence-corrected chi connectivity index (χ2v) is 26.8. The van der Waals surface area contributed by atoms with Crippen LogP contribution < -0.4 is 0 Å². The van der Waals surface area contributed by atoms with E-state index in [0.717, 1.165) is 37.7 Å². The average Bonchev–Trinajstić information content (AvgIpc) is 3.47. The number of aliphatic hydroxyl groups excluding tert-OH is 11. The third kappa shape index (κ3) is 10.1. The van der Waals surface area contributed by atoms with Gasteiger partial charge in [0.05, 0.1) is 37.4 Å². The molecule has 9 aliphatic rings. The third-order valence-corrected chi connectivity index (χ3v) is 22.2. The number of hydrogen-bond donors (Lipinski definition) is 12. The summed E-state index contributed by atoms with van der Waals surface area (Å²) >= 11 is 0. The molecule has 0 radical (unpaired) electrons. The van der Waals surface area contributed by atoms with Gasteiger partial charge in [0.1, 0.15) is 79.4 Å². The lowest BCUT2D eigenvalue weighted by atomic mass is 9.31. The lowest BCUT2D eigenvalue weighted by molar-refractivity contribution is -0.389. The van der Waals surface area contributed by atoms with Gasteiger partial charge in [-0.1, -0.05) is 53.2 Å². The molecule has 0 bridgehead atoms. The van der Waals surface area contributed by atoms with Gasteiger partial charge < -0.3 is 94.1 Å². The van der Waals surface area contributed by atoms with Crippen molar-refractivity contribution in [3.63, 3.8) is 0 Å². The van der Waals surface area contributed by atoms with Crippen LogP contribution >= 0.6 is 0 Å². The zero-order chi connectivity index (χ0) is 57.1. The summed E-state index contributed by atoms with van der Waals surface area (Å²) in [5, 5.41) is 118. The number of fused-ring (bicyclic) bond motifs is 7. The van der Waals surface area contributed by atoms with Crippen LogP contribution in [0.15, 0.2) is 11.6 Å². The molecule has 29 atom stereocenters. The Morgan fingerprint density at radius 2 is 1.26 bits per heavy atom. The van der Waals surface area contributed by atoms with Gasteiger partial charge in [0, 0.05) is 0 Å². The Balaban J connectivity index is 0.945. The highest BCUT2D eigenvalue weighted by atomic mass is 32.3. The minimum absolute atomic E-state index is 0.0220. The van der Waals surface area contributed by atoms with E-state index in [-0.39, 0.29) is 45.8 Å². The van der Waals surface area contributed by atoms with Gasteiger partial charge in [-0.05, 0) is 123 Å². The SMILES string of the molecule is CC1=CC[C@]2(C(=O)O[C@@H]3O[C@H](CO)[C@@H](O)[C@H](O)[C@H]3OS(=O)(=O)O)CC[C@]3(C)C(CCC4[C@@]5(C)CC[C@H](O[C@@H]6O[C@H](CO)[C@@H](O)[C@H](O)[C@H]6O[C@@H]6OC[C@H](O)[C@H](O)[C@H]6O[C@@H]6O[C@@H](C)[C@H](O)[C@@H](O)[C@H]6O)C(C)(C)C5CC[C@]43C)[C@@H]2[C@H]1C. The van der Waals surface area contributed by atoms with E-state index in [4.69, 9.17) is 42.1 Å².